The van der Waals surface area contributed by atoms with Gasteiger partial charge in [0.05, 0.1) is 5.52 Å². The van der Waals surface area contributed by atoms with Crippen LogP contribution in [0.2, 0.25) is 0 Å². The number of fused-ring (bicyclic) bond motifs is 1. The second-order valence-corrected chi connectivity index (χ2v) is 6.31. The molecule has 0 atom stereocenters. The highest BCUT2D eigenvalue weighted by Crippen LogP contribution is 2.18. The summed E-state index contributed by atoms with van der Waals surface area (Å²) in [6.45, 7) is 4.69. The van der Waals surface area contributed by atoms with Crippen LogP contribution in [0, 0.1) is 0 Å². The Labute approximate surface area is 158 Å². The second kappa shape index (κ2) is 8.49. The molecule has 2 aromatic heterocycles. The summed E-state index contributed by atoms with van der Waals surface area (Å²) in [6.07, 6.45) is 4.45. The number of unbranched alkanes of at least 4 members (excludes halogenated alkanes) is 1. The third-order valence-corrected chi connectivity index (χ3v) is 4.43. The highest BCUT2D eigenvalue weighted by Gasteiger charge is 2.21. The van der Waals surface area contributed by atoms with Crippen molar-refractivity contribution < 1.29 is 9.59 Å². The van der Waals surface area contributed by atoms with Crippen LogP contribution in [-0.4, -0.2) is 27.7 Å². The lowest BCUT2D eigenvalue weighted by atomic mass is 10.1. The molecule has 0 saturated carbocycles. The van der Waals surface area contributed by atoms with Gasteiger partial charge in [0.25, 0.3) is 11.8 Å². The number of aryl methyl sites for hydroxylation is 1. The number of carbonyl (C=O) groups is 2. The number of hydrogen-bond donors (Lipinski definition) is 2. The predicted molar refractivity (Wildman–Crippen MR) is 106 cm³/mol. The molecule has 0 aliphatic heterocycles. The number of benzene rings is 1. The highest BCUT2D eigenvalue weighted by atomic mass is 16.2. The van der Waals surface area contributed by atoms with Crippen molar-refractivity contribution in [3.05, 3.63) is 65.7 Å². The summed E-state index contributed by atoms with van der Waals surface area (Å²) in [5.41, 5.74) is 2.68. The van der Waals surface area contributed by atoms with E-state index < -0.39 is 0 Å². The Balaban J connectivity index is 1.92. The molecule has 0 aliphatic carbocycles. The van der Waals surface area contributed by atoms with E-state index in [1.165, 1.54) is 0 Å². The first-order valence-corrected chi connectivity index (χ1v) is 9.30. The maximum absolute atomic E-state index is 12.9. The molecule has 6 nitrogen and oxygen atoms in total. The summed E-state index contributed by atoms with van der Waals surface area (Å²) in [7, 11) is 0. The second-order valence-electron chi connectivity index (χ2n) is 6.31. The minimum absolute atomic E-state index is 0.192. The molecule has 3 aromatic rings. The van der Waals surface area contributed by atoms with E-state index in [-0.39, 0.29) is 23.3 Å². The first-order valence-electron chi connectivity index (χ1n) is 9.30. The number of carbonyl (C=O) groups excluding carboxylic acids is 2. The van der Waals surface area contributed by atoms with Crippen LogP contribution in [0.5, 0.6) is 0 Å². The highest BCUT2D eigenvalue weighted by molar-refractivity contribution is 6.06. The van der Waals surface area contributed by atoms with E-state index in [4.69, 9.17) is 0 Å². The van der Waals surface area contributed by atoms with Crippen molar-refractivity contribution >= 4 is 23.0 Å². The third-order valence-electron chi connectivity index (χ3n) is 4.43. The van der Waals surface area contributed by atoms with Gasteiger partial charge in [0, 0.05) is 18.4 Å². The number of pyridine rings is 1. The molecular weight excluding hydrogens is 340 g/mol. The number of amides is 2. The summed E-state index contributed by atoms with van der Waals surface area (Å²) in [5, 5.41) is 5.79. The summed E-state index contributed by atoms with van der Waals surface area (Å²) in [5.74, 6) is -0.415. The van der Waals surface area contributed by atoms with E-state index in [9.17, 15) is 9.59 Å². The average Bonchev–Trinajstić information content (AvgIpc) is 3.08. The molecule has 140 valence electrons. The number of nitrogens with zero attached hydrogens (tertiary/aromatic N) is 2. The zero-order chi connectivity index (χ0) is 19.2. The van der Waals surface area contributed by atoms with Crippen LogP contribution >= 0.6 is 0 Å². The molecule has 1 aromatic carbocycles. The molecule has 0 bridgehead atoms. The molecule has 3 rings (SSSR count). The van der Waals surface area contributed by atoms with Gasteiger partial charge < -0.3 is 10.6 Å². The monoisotopic (exact) mass is 364 g/mol. The van der Waals surface area contributed by atoms with Crippen molar-refractivity contribution in [1.82, 2.24) is 14.7 Å². The van der Waals surface area contributed by atoms with Crippen molar-refractivity contribution in [3.63, 3.8) is 0 Å². The summed E-state index contributed by atoms with van der Waals surface area (Å²) in [6, 6.07) is 13.1. The number of nitrogens with one attached hydrogen (secondary N) is 2. The van der Waals surface area contributed by atoms with Crippen LogP contribution in [0.1, 0.15) is 53.4 Å². The Bertz CT molecular complexity index is 962. The summed E-state index contributed by atoms with van der Waals surface area (Å²) < 4.78 is 1.65. The SMILES string of the molecule is CCCCNC(=O)c1nc(C(=O)Nc2ccccc2CC)n2ccccc12. The summed E-state index contributed by atoms with van der Waals surface area (Å²) >= 11 is 0. The molecule has 2 N–H and O–H groups in total. The van der Waals surface area contributed by atoms with Crippen molar-refractivity contribution in [2.45, 2.75) is 33.1 Å². The minimum Gasteiger partial charge on any atom is -0.351 e. The standard InChI is InChI=1S/C21H24N4O2/c1-3-5-13-22-20(26)18-17-12-8-9-14-25(17)19(24-18)21(27)23-16-11-7-6-10-15(16)4-2/h6-12,14H,3-5,13H2,1-2H3,(H,22,26)(H,23,27). The Morgan fingerprint density at radius 3 is 2.59 bits per heavy atom. The van der Waals surface area contributed by atoms with Crippen molar-refractivity contribution in [3.8, 4) is 0 Å². The van der Waals surface area contributed by atoms with Gasteiger partial charge >= 0.3 is 0 Å². The smallest absolute Gasteiger partial charge is 0.292 e. The molecule has 0 saturated heterocycles. The zero-order valence-corrected chi connectivity index (χ0v) is 15.7. The van der Waals surface area contributed by atoms with Crippen LogP contribution in [0.25, 0.3) is 5.52 Å². The predicted octanol–water partition coefficient (Wildman–Crippen LogP) is 3.68. The van der Waals surface area contributed by atoms with Crippen LogP contribution in [0.3, 0.4) is 0 Å². The molecule has 2 amide bonds. The van der Waals surface area contributed by atoms with Crippen molar-refractivity contribution in [2.24, 2.45) is 0 Å². The van der Waals surface area contributed by atoms with Gasteiger partial charge in [-0.3, -0.25) is 14.0 Å². The molecule has 0 spiro atoms. The number of para-hydroxylation sites is 1. The van der Waals surface area contributed by atoms with Gasteiger partial charge in [0.15, 0.2) is 5.69 Å². The number of imidazole rings is 1. The quantitative estimate of drug-likeness (QED) is 0.628. The lowest BCUT2D eigenvalue weighted by Crippen LogP contribution is -2.25. The Morgan fingerprint density at radius 1 is 1.04 bits per heavy atom. The first kappa shape index (κ1) is 18.6. The molecule has 0 radical (unpaired) electrons. The van der Waals surface area contributed by atoms with Crippen LogP contribution < -0.4 is 10.6 Å². The van der Waals surface area contributed by atoms with Crippen LogP contribution in [0.15, 0.2) is 48.7 Å². The molecule has 27 heavy (non-hydrogen) atoms. The molecule has 6 heteroatoms. The molecule has 2 heterocycles. The molecule has 0 aliphatic rings. The fourth-order valence-electron chi connectivity index (χ4n) is 2.96. The Morgan fingerprint density at radius 2 is 1.81 bits per heavy atom. The number of aromatic nitrogens is 2. The largest absolute Gasteiger partial charge is 0.351 e. The van der Waals surface area contributed by atoms with Gasteiger partial charge in [-0.25, -0.2) is 4.98 Å². The molecular formula is C21H24N4O2. The third kappa shape index (κ3) is 4.00. The Kier molecular flexibility index (Phi) is 5.86. The van der Waals surface area contributed by atoms with Gasteiger partial charge in [0.2, 0.25) is 5.82 Å². The lowest BCUT2D eigenvalue weighted by Gasteiger charge is -2.08. The van der Waals surface area contributed by atoms with E-state index in [1.54, 1.807) is 16.7 Å². The molecule has 0 fully saturated rings. The summed E-state index contributed by atoms with van der Waals surface area (Å²) in [4.78, 5) is 29.7. The Hall–Kier alpha value is -3.15. The normalized spacial score (nSPS) is 10.7. The van der Waals surface area contributed by atoms with Crippen molar-refractivity contribution in [2.75, 3.05) is 11.9 Å². The maximum Gasteiger partial charge on any atom is 0.292 e. The van der Waals surface area contributed by atoms with E-state index >= 15 is 0 Å². The van der Waals surface area contributed by atoms with E-state index in [0.29, 0.717) is 12.1 Å². The van der Waals surface area contributed by atoms with Crippen LogP contribution in [0.4, 0.5) is 5.69 Å². The van der Waals surface area contributed by atoms with Gasteiger partial charge in [-0.1, -0.05) is 44.5 Å². The zero-order valence-electron chi connectivity index (χ0n) is 15.7. The van der Waals surface area contributed by atoms with E-state index in [1.807, 2.05) is 43.3 Å². The van der Waals surface area contributed by atoms with E-state index in [0.717, 1.165) is 30.5 Å². The van der Waals surface area contributed by atoms with Gasteiger partial charge in [0.1, 0.15) is 0 Å². The first-order chi connectivity index (χ1) is 13.2. The number of hydrogen-bond acceptors (Lipinski definition) is 3. The fraction of sp³-hybridized carbons (Fsp3) is 0.286. The van der Waals surface area contributed by atoms with E-state index in [2.05, 4.69) is 22.5 Å². The fourth-order valence-corrected chi connectivity index (χ4v) is 2.96. The van der Waals surface area contributed by atoms with Gasteiger partial charge in [-0.15, -0.1) is 0 Å². The van der Waals surface area contributed by atoms with Crippen LogP contribution in [-0.2, 0) is 6.42 Å². The maximum atomic E-state index is 12.9. The van der Waals surface area contributed by atoms with Gasteiger partial charge in [-0.05, 0) is 36.6 Å². The number of anilines is 1. The van der Waals surface area contributed by atoms with Crippen molar-refractivity contribution in [1.29, 1.82) is 0 Å². The lowest BCUT2D eigenvalue weighted by molar-refractivity contribution is 0.0950. The topological polar surface area (TPSA) is 75.5 Å². The minimum atomic E-state index is -0.343. The number of rotatable bonds is 7. The van der Waals surface area contributed by atoms with Gasteiger partial charge in [-0.2, -0.15) is 0 Å². The average molecular weight is 364 g/mol. The molecule has 0 unspecified atom stereocenters.